The molecule has 3 nitrogen and oxygen atoms in total. The molecule has 3 aromatic rings. The third-order valence-electron chi connectivity index (χ3n) is 4.71. The van der Waals surface area contributed by atoms with Gasteiger partial charge in [-0.05, 0) is 30.7 Å². The first kappa shape index (κ1) is 17.6. The van der Waals surface area contributed by atoms with Crippen molar-refractivity contribution >= 4 is 10.9 Å². The molecule has 0 amide bonds. The summed E-state index contributed by atoms with van der Waals surface area (Å²) in [5, 5.41) is 0.258. The molecule has 4 rings (SSSR count). The third-order valence-corrected chi connectivity index (χ3v) is 4.71. The van der Waals surface area contributed by atoms with Gasteiger partial charge in [-0.2, -0.15) is 18.2 Å². The molecule has 1 saturated carbocycles. The fraction of sp³-hybridized carbons (Fsp3) is 0.263. The number of benzene rings is 2. The lowest BCUT2D eigenvalue weighted by Gasteiger charge is -2.15. The van der Waals surface area contributed by atoms with Crippen molar-refractivity contribution < 1.29 is 22.0 Å². The summed E-state index contributed by atoms with van der Waals surface area (Å²) in [7, 11) is 0. The Morgan fingerprint density at radius 3 is 2.37 bits per heavy atom. The molecule has 0 radical (unpaired) electrons. The maximum Gasteiger partial charge on any atom is 0.416 e. The zero-order valence-electron chi connectivity index (χ0n) is 13.8. The minimum Gasteiger partial charge on any atom is -0.260 e. The number of para-hydroxylation sites is 1. The van der Waals surface area contributed by atoms with Crippen molar-refractivity contribution in [3.63, 3.8) is 0 Å². The van der Waals surface area contributed by atoms with Crippen molar-refractivity contribution in [1.82, 2.24) is 9.55 Å². The summed E-state index contributed by atoms with van der Waals surface area (Å²) in [4.78, 5) is 16.5. The summed E-state index contributed by atoms with van der Waals surface area (Å²) in [5.74, 6) is -3.75. The molecule has 27 heavy (non-hydrogen) atoms. The molecule has 0 spiro atoms. The minimum atomic E-state index is -4.60. The van der Waals surface area contributed by atoms with Gasteiger partial charge in [0.1, 0.15) is 0 Å². The lowest BCUT2D eigenvalue weighted by atomic mass is 10.1. The first-order chi connectivity index (χ1) is 12.7. The van der Waals surface area contributed by atoms with Gasteiger partial charge in [0.25, 0.3) is 5.92 Å². The van der Waals surface area contributed by atoms with Crippen molar-refractivity contribution in [3.05, 3.63) is 70.3 Å². The zero-order valence-corrected chi connectivity index (χ0v) is 13.8. The van der Waals surface area contributed by atoms with E-state index in [1.54, 1.807) is 30.3 Å². The van der Waals surface area contributed by atoms with Gasteiger partial charge in [-0.25, -0.2) is 13.6 Å². The normalized spacial score (nSPS) is 18.6. The molecule has 0 bridgehead atoms. The number of hydrogen-bond donors (Lipinski definition) is 0. The molecule has 2 aromatic carbocycles. The number of alkyl halides is 5. The molecule has 1 aliphatic rings. The Hall–Kier alpha value is -2.77. The zero-order chi connectivity index (χ0) is 19.4. The van der Waals surface area contributed by atoms with Gasteiger partial charge in [0.2, 0.25) is 0 Å². The quantitative estimate of drug-likeness (QED) is 0.623. The van der Waals surface area contributed by atoms with Gasteiger partial charge in [0.15, 0.2) is 0 Å². The standard InChI is InChI=1S/C19H13F5N2O/c20-18(21)10-12(18)8-15-14-7-6-11(19(22,23)24)9-16(14)26(17(27)25-15)13-4-2-1-3-5-13/h1-7,9,12H,8,10H2. The van der Waals surface area contributed by atoms with Crippen LogP contribution in [0.5, 0.6) is 0 Å². The molecule has 1 heterocycles. The second-order valence-corrected chi connectivity index (χ2v) is 6.61. The molecule has 1 unspecified atom stereocenters. The highest BCUT2D eigenvalue weighted by molar-refractivity contribution is 5.83. The van der Waals surface area contributed by atoms with Crippen LogP contribution in [0.1, 0.15) is 17.7 Å². The second-order valence-electron chi connectivity index (χ2n) is 6.61. The summed E-state index contributed by atoms with van der Waals surface area (Å²) in [6, 6.07) is 11.0. The third kappa shape index (κ3) is 3.20. The molecule has 1 aromatic heterocycles. The Morgan fingerprint density at radius 1 is 1.11 bits per heavy atom. The van der Waals surface area contributed by atoms with E-state index >= 15 is 0 Å². The Bertz CT molecular complexity index is 1070. The predicted molar refractivity (Wildman–Crippen MR) is 89.1 cm³/mol. The van der Waals surface area contributed by atoms with Gasteiger partial charge in [0.05, 0.1) is 22.5 Å². The van der Waals surface area contributed by atoms with Crippen LogP contribution in [-0.2, 0) is 12.6 Å². The lowest BCUT2D eigenvalue weighted by molar-refractivity contribution is -0.137. The molecule has 140 valence electrons. The molecule has 0 aliphatic heterocycles. The van der Waals surface area contributed by atoms with Crippen molar-refractivity contribution in [3.8, 4) is 5.69 Å². The maximum absolute atomic E-state index is 13.3. The van der Waals surface area contributed by atoms with Gasteiger partial charge in [-0.1, -0.05) is 24.3 Å². The van der Waals surface area contributed by atoms with Crippen LogP contribution in [0.15, 0.2) is 53.3 Å². The van der Waals surface area contributed by atoms with E-state index in [2.05, 4.69) is 4.98 Å². The van der Waals surface area contributed by atoms with E-state index in [-0.39, 0.29) is 29.4 Å². The average Bonchev–Trinajstić information content (AvgIpc) is 3.20. The molecule has 1 fully saturated rings. The fourth-order valence-electron chi connectivity index (χ4n) is 3.17. The highest BCUT2D eigenvalue weighted by Crippen LogP contribution is 2.50. The number of hydrogen-bond acceptors (Lipinski definition) is 2. The molecular formula is C19H13F5N2O. The van der Waals surface area contributed by atoms with Crippen LogP contribution in [0.3, 0.4) is 0 Å². The SMILES string of the molecule is O=c1nc(CC2CC2(F)F)c2ccc(C(F)(F)F)cc2n1-c1ccccc1. The second kappa shape index (κ2) is 5.87. The highest BCUT2D eigenvalue weighted by atomic mass is 19.4. The summed E-state index contributed by atoms with van der Waals surface area (Å²) >= 11 is 0. The molecule has 0 saturated heterocycles. The van der Waals surface area contributed by atoms with Gasteiger partial charge in [0, 0.05) is 17.7 Å². The summed E-state index contributed by atoms with van der Waals surface area (Å²) < 4.78 is 67.2. The minimum absolute atomic E-state index is 0.00464. The summed E-state index contributed by atoms with van der Waals surface area (Å²) in [5.41, 5.74) is -1.28. The number of nitrogens with zero attached hydrogens (tertiary/aromatic N) is 2. The maximum atomic E-state index is 13.3. The average molecular weight is 380 g/mol. The summed E-state index contributed by atoms with van der Waals surface area (Å²) in [6.45, 7) is 0. The van der Waals surface area contributed by atoms with Crippen molar-refractivity contribution in [2.75, 3.05) is 0 Å². The Balaban J connectivity index is 1.96. The van der Waals surface area contributed by atoms with Gasteiger partial charge in [-0.15, -0.1) is 0 Å². The van der Waals surface area contributed by atoms with E-state index in [4.69, 9.17) is 0 Å². The Morgan fingerprint density at radius 2 is 1.78 bits per heavy atom. The number of fused-ring (bicyclic) bond motifs is 1. The van der Waals surface area contributed by atoms with Crippen molar-refractivity contribution in [2.24, 2.45) is 5.92 Å². The molecule has 0 N–H and O–H groups in total. The number of aromatic nitrogens is 2. The molecule has 1 atom stereocenters. The van der Waals surface area contributed by atoms with Crippen LogP contribution in [-0.4, -0.2) is 15.5 Å². The van der Waals surface area contributed by atoms with E-state index in [1.807, 2.05) is 0 Å². The van der Waals surface area contributed by atoms with Crippen LogP contribution >= 0.6 is 0 Å². The van der Waals surface area contributed by atoms with Crippen LogP contribution in [0.4, 0.5) is 22.0 Å². The molecular weight excluding hydrogens is 367 g/mol. The van der Waals surface area contributed by atoms with Crippen LogP contribution in [0.2, 0.25) is 0 Å². The molecule has 8 heteroatoms. The van der Waals surface area contributed by atoms with Crippen molar-refractivity contribution in [1.29, 1.82) is 0 Å². The van der Waals surface area contributed by atoms with Gasteiger partial charge < -0.3 is 0 Å². The molecule has 1 aliphatic carbocycles. The first-order valence-electron chi connectivity index (χ1n) is 8.23. The Labute approximate surface area is 150 Å². The van der Waals surface area contributed by atoms with E-state index in [9.17, 15) is 26.7 Å². The van der Waals surface area contributed by atoms with Crippen molar-refractivity contribution in [2.45, 2.75) is 24.9 Å². The van der Waals surface area contributed by atoms with E-state index in [1.165, 1.54) is 6.07 Å². The highest BCUT2D eigenvalue weighted by Gasteiger charge is 2.56. The number of rotatable bonds is 3. The largest absolute Gasteiger partial charge is 0.416 e. The van der Waals surface area contributed by atoms with E-state index < -0.39 is 29.3 Å². The van der Waals surface area contributed by atoms with E-state index in [0.717, 1.165) is 16.7 Å². The lowest BCUT2D eigenvalue weighted by Crippen LogP contribution is -2.24. The van der Waals surface area contributed by atoms with Crippen LogP contribution < -0.4 is 5.69 Å². The fourth-order valence-corrected chi connectivity index (χ4v) is 3.17. The van der Waals surface area contributed by atoms with Gasteiger partial charge in [-0.3, -0.25) is 4.57 Å². The topological polar surface area (TPSA) is 34.9 Å². The number of halogens is 5. The van der Waals surface area contributed by atoms with Gasteiger partial charge >= 0.3 is 11.9 Å². The van der Waals surface area contributed by atoms with E-state index in [0.29, 0.717) is 5.69 Å². The van der Waals surface area contributed by atoms with Crippen LogP contribution in [0, 0.1) is 5.92 Å². The van der Waals surface area contributed by atoms with Crippen LogP contribution in [0.25, 0.3) is 16.6 Å². The summed E-state index contributed by atoms with van der Waals surface area (Å²) in [6.07, 6.45) is -5.06. The Kier molecular flexibility index (Phi) is 3.83. The predicted octanol–water partition coefficient (Wildman–Crippen LogP) is 4.60. The first-order valence-corrected chi connectivity index (χ1v) is 8.23. The smallest absolute Gasteiger partial charge is 0.260 e. The monoisotopic (exact) mass is 380 g/mol.